The maximum Gasteiger partial charge on any atom is 0.267 e. The Morgan fingerprint density at radius 2 is 2.08 bits per heavy atom. The van der Waals surface area contributed by atoms with Crippen LogP contribution in [0.3, 0.4) is 0 Å². The van der Waals surface area contributed by atoms with Gasteiger partial charge < -0.3 is 15.3 Å². The molecule has 124 valence electrons. The number of hydrogen-bond donors (Lipinski definition) is 2. The Morgan fingerprint density at radius 3 is 2.79 bits per heavy atom. The van der Waals surface area contributed by atoms with Crippen LogP contribution in [0.25, 0.3) is 0 Å². The molecule has 3 rings (SSSR count). The molecule has 1 amide bonds. The van der Waals surface area contributed by atoms with Crippen LogP contribution in [0, 0.1) is 17.2 Å². The molecule has 24 heavy (non-hydrogen) atoms. The van der Waals surface area contributed by atoms with Gasteiger partial charge in [-0.3, -0.25) is 4.79 Å². The van der Waals surface area contributed by atoms with Crippen LogP contribution in [0.5, 0.6) is 0 Å². The third-order valence-corrected chi connectivity index (χ3v) is 5.27. The van der Waals surface area contributed by atoms with E-state index in [2.05, 4.69) is 10.2 Å². The van der Waals surface area contributed by atoms with Crippen LogP contribution in [-0.2, 0) is 0 Å². The Labute approximate surface area is 145 Å². The van der Waals surface area contributed by atoms with Crippen LogP contribution in [-0.4, -0.2) is 30.7 Å². The maximum atomic E-state index is 12.5. The maximum absolute atomic E-state index is 12.5. The van der Waals surface area contributed by atoms with Gasteiger partial charge in [-0.05, 0) is 42.3 Å². The summed E-state index contributed by atoms with van der Waals surface area (Å²) in [5, 5.41) is 23.0. The molecule has 2 aromatic rings. The largest absolute Gasteiger partial charge is 0.396 e. The van der Waals surface area contributed by atoms with Crippen molar-refractivity contribution in [3.63, 3.8) is 0 Å². The molecule has 0 saturated carbocycles. The summed E-state index contributed by atoms with van der Waals surface area (Å²) in [5.74, 6) is 0.117. The highest BCUT2D eigenvalue weighted by molar-refractivity contribution is 7.12. The smallest absolute Gasteiger partial charge is 0.267 e. The average molecular weight is 341 g/mol. The highest BCUT2D eigenvalue weighted by Gasteiger charge is 2.21. The number of amides is 1. The molecule has 6 heteroatoms. The van der Waals surface area contributed by atoms with E-state index >= 15 is 0 Å². The number of aliphatic hydroxyl groups excluding tert-OH is 1. The van der Waals surface area contributed by atoms with E-state index in [0.29, 0.717) is 16.4 Å². The molecule has 0 atom stereocenters. The van der Waals surface area contributed by atoms with Gasteiger partial charge >= 0.3 is 0 Å². The van der Waals surface area contributed by atoms with Gasteiger partial charge in [0.05, 0.1) is 16.9 Å². The summed E-state index contributed by atoms with van der Waals surface area (Å²) in [4.78, 5) is 15.2. The molecule has 1 aromatic carbocycles. The molecule has 5 nitrogen and oxygen atoms in total. The Morgan fingerprint density at radius 1 is 1.33 bits per heavy atom. The lowest BCUT2D eigenvalue weighted by Crippen LogP contribution is -2.35. The van der Waals surface area contributed by atoms with Crippen LogP contribution >= 0.6 is 11.3 Å². The second kappa shape index (κ2) is 7.47. The molecule has 1 saturated heterocycles. The molecular weight excluding hydrogens is 322 g/mol. The number of para-hydroxylation sites is 2. The van der Waals surface area contributed by atoms with Crippen molar-refractivity contribution in [2.24, 2.45) is 5.92 Å². The summed E-state index contributed by atoms with van der Waals surface area (Å²) in [6, 6.07) is 11.4. The summed E-state index contributed by atoms with van der Waals surface area (Å²) in [6.07, 6.45) is 1.89. The number of piperidine rings is 1. The Kier molecular flexibility index (Phi) is 5.14. The number of benzene rings is 1. The first-order valence-electron chi connectivity index (χ1n) is 7.96. The fourth-order valence-electron chi connectivity index (χ4n) is 2.96. The lowest BCUT2D eigenvalue weighted by molar-refractivity contribution is 0.103. The van der Waals surface area contributed by atoms with Gasteiger partial charge in [0.15, 0.2) is 0 Å². The normalized spacial score (nSPS) is 15.1. The van der Waals surface area contributed by atoms with Crippen LogP contribution < -0.4 is 10.2 Å². The molecule has 1 aliphatic rings. The van der Waals surface area contributed by atoms with E-state index in [4.69, 9.17) is 5.26 Å². The van der Waals surface area contributed by atoms with E-state index in [1.807, 2.05) is 30.3 Å². The van der Waals surface area contributed by atoms with Crippen molar-refractivity contribution in [1.82, 2.24) is 0 Å². The van der Waals surface area contributed by atoms with E-state index in [0.717, 1.165) is 37.3 Å². The van der Waals surface area contributed by atoms with E-state index < -0.39 is 0 Å². The molecule has 0 unspecified atom stereocenters. The minimum Gasteiger partial charge on any atom is -0.396 e. The summed E-state index contributed by atoms with van der Waals surface area (Å²) < 4.78 is 0. The number of thiophene rings is 1. The predicted molar refractivity (Wildman–Crippen MR) is 95.5 cm³/mol. The minimum absolute atomic E-state index is 0.238. The van der Waals surface area contributed by atoms with E-state index in [-0.39, 0.29) is 12.5 Å². The number of anilines is 2. The molecular formula is C18H19N3O2S. The minimum atomic E-state index is -0.251. The van der Waals surface area contributed by atoms with Crippen molar-refractivity contribution in [3.05, 3.63) is 46.2 Å². The summed E-state index contributed by atoms with van der Waals surface area (Å²) in [7, 11) is 0. The number of carbonyl (C=O) groups excluding carboxylic acids is 1. The third-order valence-electron chi connectivity index (χ3n) is 4.36. The molecule has 0 aliphatic carbocycles. The van der Waals surface area contributed by atoms with E-state index in [1.165, 1.54) is 11.3 Å². The molecule has 1 aromatic heterocycles. The number of hydrogen-bond acceptors (Lipinski definition) is 5. The highest BCUT2D eigenvalue weighted by Crippen LogP contribution is 2.30. The van der Waals surface area contributed by atoms with E-state index in [9.17, 15) is 9.90 Å². The molecule has 0 radical (unpaired) electrons. The first-order valence-corrected chi connectivity index (χ1v) is 8.84. The van der Waals surface area contributed by atoms with Crippen molar-refractivity contribution >= 4 is 28.6 Å². The molecule has 2 heterocycles. The fourth-order valence-corrected chi connectivity index (χ4v) is 3.70. The van der Waals surface area contributed by atoms with Crippen LogP contribution in [0.2, 0.25) is 0 Å². The zero-order valence-electron chi connectivity index (χ0n) is 13.2. The van der Waals surface area contributed by atoms with Gasteiger partial charge in [0.2, 0.25) is 0 Å². The second-order valence-electron chi connectivity index (χ2n) is 5.86. The Bertz CT molecular complexity index is 758. The van der Waals surface area contributed by atoms with Crippen molar-refractivity contribution < 1.29 is 9.90 Å². The van der Waals surface area contributed by atoms with Crippen molar-refractivity contribution in [1.29, 1.82) is 5.26 Å². The van der Waals surface area contributed by atoms with Gasteiger partial charge in [0, 0.05) is 19.7 Å². The standard InChI is InChI=1S/C18H19N3O2S/c19-11-14-7-10-24-17(14)18(23)20-15-3-1-2-4-16(15)21-8-5-13(12-22)6-9-21/h1-4,7,10,13,22H,5-6,8-9,12H2,(H,20,23). The van der Waals surface area contributed by atoms with Crippen molar-refractivity contribution in [3.8, 4) is 6.07 Å². The number of nitrogens with zero attached hydrogens (tertiary/aromatic N) is 2. The quantitative estimate of drug-likeness (QED) is 0.896. The number of nitrogens with one attached hydrogen (secondary N) is 1. The Hall–Kier alpha value is -2.36. The van der Waals surface area contributed by atoms with Gasteiger partial charge in [0.1, 0.15) is 10.9 Å². The fraction of sp³-hybridized carbons (Fsp3) is 0.333. The molecule has 1 aliphatic heterocycles. The highest BCUT2D eigenvalue weighted by atomic mass is 32.1. The van der Waals surface area contributed by atoms with Crippen LogP contribution in [0.15, 0.2) is 35.7 Å². The van der Waals surface area contributed by atoms with Gasteiger partial charge in [-0.15, -0.1) is 11.3 Å². The molecule has 0 bridgehead atoms. The second-order valence-corrected chi connectivity index (χ2v) is 6.78. The summed E-state index contributed by atoms with van der Waals surface area (Å²) >= 11 is 1.27. The lowest BCUT2D eigenvalue weighted by Gasteiger charge is -2.34. The van der Waals surface area contributed by atoms with E-state index in [1.54, 1.807) is 11.4 Å². The number of rotatable bonds is 4. The molecule has 2 N–H and O–H groups in total. The molecule has 1 fully saturated rings. The van der Waals surface area contributed by atoms with Gasteiger partial charge in [-0.2, -0.15) is 5.26 Å². The van der Waals surface area contributed by atoms with Gasteiger partial charge in [0.25, 0.3) is 5.91 Å². The SMILES string of the molecule is N#Cc1ccsc1C(=O)Nc1ccccc1N1CCC(CO)CC1. The number of carbonyl (C=O) groups is 1. The van der Waals surface area contributed by atoms with Crippen LogP contribution in [0.1, 0.15) is 28.1 Å². The van der Waals surface area contributed by atoms with Crippen molar-refractivity contribution in [2.75, 3.05) is 29.9 Å². The first kappa shape index (κ1) is 16.5. The topological polar surface area (TPSA) is 76.4 Å². The Balaban J connectivity index is 1.78. The predicted octanol–water partition coefficient (Wildman–Crippen LogP) is 3.08. The van der Waals surface area contributed by atoms with Crippen LogP contribution in [0.4, 0.5) is 11.4 Å². The third kappa shape index (κ3) is 3.42. The zero-order chi connectivity index (χ0) is 16.9. The molecule has 0 spiro atoms. The van der Waals surface area contributed by atoms with Gasteiger partial charge in [-0.1, -0.05) is 12.1 Å². The monoisotopic (exact) mass is 341 g/mol. The number of aliphatic hydroxyl groups is 1. The first-order chi connectivity index (χ1) is 11.7. The average Bonchev–Trinajstić information content (AvgIpc) is 3.11. The summed E-state index contributed by atoms with van der Waals surface area (Å²) in [5.41, 5.74) is 2.14. The van der Waals surface area contributed by atoms with Crippen molar-refractivity contribution in [2.45, 2.75) is 12.8 Å². The summed E-state index contributed by atoms with van der Waals surface area (Å²) in [6.45, 7) is 1.96. The van der Waals surface area contributed by atoms with Gasteiger partial charge in [-0.25, -0.2) is 0 Å². The lowest BCUT2D eigenvalue weighted by atomic mass is 9.97. The number of nitriles is 1. The zero-order valence-corrected chi connectivity index (χ0v) is 14.1.